The number of likely N-dealkylation sites (N-methyl/N-ethyl adjacent to an activating group) is 1. The van der Waals surface area contributed by atoms with Gasteiger partial charge in [0, 0.05) is 24.0 Å². The highest BCUT2D eigenvalue weighted by atomic mass is 32.1. The van der Waals surface area contributed by atoms with Crippen molar-refractivity contribution < 1.29 is 14.3 Å². The Labute approximate surface area is 140 Å². The Morgan fingerprint density at radius 3 is 2.83 bits per heavy atom. The van der Waals surface area contributed by atoms with Gasteiger partial charge in [0.15, 0.2) is 11.5 Å². The lowest BCUT2D eigenvalue weighted by Gasteiger charge is -2.22. The minimum absolute atomic E-state index is 0.00999. The van der Waals surface area contributed by atoms with E-state index in [1.54, 1.807) is 22.3 Å². The first-order chi connectivity index (χ1) is 11.3. The first kappa shape index (κ1) is 15.6. The van der Waals surface area contributed by atoms with Gasteiger partial charge in [-0.1, -0.05) is 12.1 Å². The van der Waals surface area contributed by atoms with Gasteiger partial charge in [-0.05, 0) is 42.1 Å². The van der Waals surface area contributed by atoms with Crippen molar-refractivity contribution in [2.45, 2.75) is 13.5 Å². The smallest absolute Gasteiger partial charge is 0.246 e. The Morgan fingerprint density at radius 1 is 1.26 bits per heavy atom. The van der Waals surface area contributed by atoms with Crippen LogP contribution in [0, 0.1) is 0 Å². The fourth-order valence-corrected chi connectivity index (χ4v) is 3.02. The van der Waals surface area contributed by atoms with Gasteiger partial charge in [0.25, 0.3) is 0 Å². The van der Waals surface area contributed by atoms with E-state index in [2.05, 4.69) is 0 Å². The molecule has 0 bridgehead atoms. The number of thiophene rings is 1. The van der Waals surface area contributed by atoms with Crippen LogP contribution in [0.3, 0.4) is 0 Å². The summed E-state index contributed by atoms with van der Waals surface area (Å²) in [6, 6.07) is 9.80. The number of fused-ring (bicyclic) bond motifs is 1. The van der Waals surface area contributed by atoms with Gasteiger partial charge in [-0.2, -0.15) is 0 Å². The van der Waals surface area contributed by atoms with Crippen molar-refractivity contribution in [3.63, 3.8) is 0 Å². The predicted molar refractivity (Wildman–Crippen MR) is 91.9 cm³/mol. The number of hydrogen-bond acceptors (Lipinski definition) is 4. The van der Waals surface area contributed by atoms with Crippen LogP contribution in [0.15, 0.2) is 41.8 Å². The minimum Gasteiger partial charge on any atom is -0.486 e. The number of hydrogen-bond donors (Lipinski definition) is 0. The molecular weight excluding hydrogens is 310 g/mol. The molecule has 3 rings (SSSR count). The monoisotopic (exact) mass is 329 g/mol. The number of carbonyl (C=O) groups excluding carboxylic acids is 1. The summed E-state index contributed by atoms with van der Waals surface area (Å²) in [7, 11) is 0. The highest BCUT2D eigenvalue weighted by molar-refractivity contribution is 7.10. The molecule has 1 amide bonds. The molecule has 1 aromatic carbocycles. The quantitative estimate of drug-likeness (QED) is 0.787. The van der Waals surface area contributed by atoms with Gasteiger partial charge < -0.3 is 14.4 Å². The normalized spacial score (nSPS) is 13.3. The lowest BCUT2D eigenvalue weighted by Crippen LogP contribution is -2.28. The third kappa shape index (κ3) is 3.93. The summed E-state index contributed by atoms with van der Waals surface area (Å²) in [5, 5.41) is 2.00. The van der Waals surface area contributed by atoms with Crippen molar-refractivity contribution in [3.8, 4) is 11.5 Å². The molecule has 4 nitrogen and oxygen atoms in total. The molecule has 1 aromatic heterocycles. The van der Waals surface area contributed by atoms with Crippen LogP contribution in [-0.4, -0.2) is 30.6 Å². The van der Waals surface area contributed by atoms with Crippen LogP contribution in [0.4, 0.5) is 0 Å². The molecular formula is C18H19NO3S. The molecule has 0 fully saturated rings. The summed E-state index contributed by atoms with van der Waals surface area (Å²) >= 11 is 1.62. The molecule has 0 atom stereocenters. The molecule has 1 aliphatic rings. The van der Waals surface area contributed by atoms with E-state index in [-0.39, 0.29) is 5.91 Å². The summed E-state index contributed by atoms with van der Waals surface area (Å²) in [4.78, 5) is 15.2. The first-order valence-corrected chi connectivity index (χ1v) is 8.53. The summed E-state index contributed by atoms with van der Waals surface area (Å²) in [5.41, 5.74) is 1.04. The Kier molecular flexibility index (Phi) is 4.98. The Morgan fingerprint density at radius 2 is 2.09 bits per heavy atom. The van der Waals surface area contributed by atoms with Crippen LogP contribution in [0.1, 0.15) is 17.4 Å². The van der Waals surface area contributed by atoms with Crippen LogP contribution in [0.2, 0.25) is 0 Å². The molecule has 0 N–H and O–H groups in total. The second-order valence-corrected chi connectivity index (χ2v) is 6.16. The maximum absolute atomic E-state index is 12.4. The van der Waals surface area contributed by atoms with E-state index < -0.39 is 0 Å². The van der Waals surface area contributed by atoms with E-state index >= 15 is 0 Å². The standard InChI is InChI=1S/C18H19NO3S/c1-2-19(18(20)8-6-15-4-3-11-23-15)13-14-5-7-16-17(12-14)22-10-9-21-16/h3-8,11-12H,2,9-10,13H2,1H3. The minimum atomic E-state index is 0.00999. The number of carbonyl (C=O) groups is 1. The average molecular weight is 329 g/mol. The molecule has 0 saturated heterocycles. The van der Waals surface area contributed by atoms with E-state index in [1.807, 2.05) is 48.7 Å². The fourth-order valence-electron chi connectivity index (χ4n) is 2.40. The third-order valence-corrected chi connectivity index (χ3v) is 4.44. The van der Waals surface area contributed by atoms with Crippen molar-refractivity contribution in [1.29, 1.82) is 0 Å². The zero-order chi connectivity index (χ0) is 16.1. The second kappa shape index (κ2) is 7.33. The van der Waals surface area contributed by atoms with E-state index in [9.17, 15) is 4.79 Å². The number of rotatable bonds is 5. The van der Waals surface area contributed by atoms with Crippen molar-refractivity contribution >= 4 is 23.3 Å². The van der Waals surface area contributed by atoms with Gasteiger partial charge in [0.1, 0.15) is 13.2 Å². The fraction of sp³-hybridized carbons (Fsp3) is 0.278. The summed E-state index contributed by atoms with van der Waals surface area (Å²) < 4.78 is 11.1. The van der Waals surface area contributed by atoms with E-state index in [4.69, 9.17) is 9.47 Å². The predicted octanol–water partition coefficient (Wildman–Crippen LogP) is 3.58. The van der Waals surface area contributed by atoms with Crippen molar-refractivity contribution in [2.24, 2.45) is 0 Å². The van der Waals surface area contributed by atoms with Gasteiger partial charge in [0.2, 0.25) is 5.91 Å². The maximum atomic E-state index is 12.4. The Hall–Kier alpha value is -2.27. The molecule has 23 heavy (non-hydrogen) atoms. The highest BCUT2D eigenvalue weighted by Crippen LogP contribution is 2.31. The Bertz CT molecular complexity index is 694. The summed E-state index contributed by atoms with van der Waals surface area (Å²) in [6.45, 7) is 4.34. The van der Waals surface area contributed by atoms with Crippen molar-refractivity contribution in [3.05, 3.63) is 52.2 Å². The van der Waals surface area contributed by atoms with Gasteiger partial charge >= 0.3 is 0 Å². The van der Waals surface area contributed by atoms with Gasteiger partial charge in [-0.25, -0.2) is 0 Å². The lowest BCUT2D eigenvalue weighted by molar-refractivity contribution is -0.126. The molecule has 0 aliphatic carbocycles. The Balaban J connectivity index is 1.68. The van der Waals surface area contributed by atoms with E-state index in [0.29, 0.717) is 26.3 Å². The van der Waals surface area contributed by atoms with Crippen LogP contribution in [0.25, 0.3) is 6.08 Å². The molecule has 0 saturated carbocycles. The van der Waals surface area contributed by atoms with E-state index in [0.717, 1.165) is 21.9 Å². The number of amides is 1. The van der Waals surface area contributed by atoms with Crippen LogP contribution >= 0.6 is 11.3 Å². The zero-order valence-electron chi connectivity index (χ0n) is 13.0. The number of nitrogens with zero attached hydrogens (tertiary/aromatic N) is 1. The van der Waals surface area contributed by atoms with Gasteiger partial charge in [-0.15, -0.1) is 11.3 Å². The first-order valence-electron chi connectivity index (χ1n) is 7.65. The molecule has 0 unspecified atom stereocenters. The third-order valence-electron chi connectivity index (χ3n) is 3.61. The van der Waals surface area contributed by atoms with Crippen molar-refractivity contribution in [2.75, 3.05) is 19.8 Å². The number of ether oxygens (including phenoxy) is 2. The molecule has 0 radical (unpaired) electrons. The number of benzene rings is 1. The largest absolute Gasteiger partial charge is 0.486 e. The summed E-state index contributed by atoms with van der Waals surface area (Å²) in [5.74, 6) is 1.54. The van der Waals surface area contributed by atoms with Gasteiger partial charge in [0.05, 0.1) is 0 Å². The zero-order valence-corrected chi connectivity index (χ0v) is 13.8. The molecule has 2 heterocycles. The molecule has 120 valence electrons. The lowest BCUT2D eigenvalue weighted by atomic mass is 10.1. The molecule has 2 aromatic rings. The summed E-state index contributed by atoms with van der Waals surface area (Å²) in [6.07, 6.45) is 3.49. The van der Waals surface area contributed by atoms with Gasteiger partial charge in [-0.3, -0.25) is 4.79 Å². The topological polar surface area (TPSA) is 38.8 Å². The van der Waals surface area contributed by atoms with Crippen molar-refractivity contribution in [1.82, 2.24) is 4.90 Å². The second-order valence-electron chi connectivity index (χ2n) is 5.18. The van der Waals surface area contributed by atoms with Crippen LogP contribution in [-0.2, 0) is 11.3 Å². The average Bonchev–Trinajstić information content (AvgIpc) is 3.11. The molecule has 1 aliphatic heterocycles. The van der Waals surface area contributed by atoms with Crippen LogP contribution < -0.4 is 9.47 Å². The maximum Gasteiger partial charge on any atom is 0.246 e. The van der Waals surface area contributed by atoms with Crippen LogP contribution in [0.5, 0.6) is 11.5 Å². The highest BCUT2D eigenvalue weighted by Gasteiger charge is 2.14. The SMILES string of the molecule is CCN(Cc1ccc2c(c1)OCCO2)C(=O)C=Cc1cccs1. The molecule has 5 heteroatoms. The molecule has 0 spiro atoms. The van der Waals surface area contributed by atoms with E-state index in [1.165, 1.54) is 0 Å².